The van der Waals surface area contributed by atoms with E-state index >= 15 is 0 Å². The van der Waals surface area contributed by atoms with Crippen LogP contribution in [0.15, 0.2) is 24.3 Å². The highest BCUT2D eigenvalue weighted by molar-refractivity contribution is 5.43. The molecule has 0 amide bonds. The molecule has 0 bridgehead atoms. The smallest absolute Gasteiger partial charge is 0.394 e. The van der Waals surface area contributed by atoms with Gasteiger partial charge in [-0.05, 0) is 24.3 Å². The van der Waals surface area contributed by atoms with Crippen LogP contribution in [0, 0.1) is 0 Å². The molecule has 0 aromatic heterocycles. The van der Waals surface area contributed by atoms with Crippen LogP contribution in [0.4, 0.5) is 18.9 Å². The van der Waals surface area contributed by atoms with Crippen LogP contribution in [0.3, 0.4) is 0 Å². The fraction of sp³-hybridized carbons (Fsp3) is 0.455. The molecule has 0 atom stereocenters. The van der Waals surface area contributed by atoms with Gasteiger partial charge < -0.3 is 10.2 Å². The van der Waals surface area contributed by atoms with E-state index < -0.39 is 11.7 Å². The number of aliphatic hydroxyl groups is 2. The van der Waals surface area contributed by atoms with Crippen LogP contribution in [-0.2, 0) is 15.9 Å². The predicted octanol–water partition coefficient (Wildman–Crippen LogP) is 1.36. The van der Waals surface area contributed by atoms with Crippen molar-refractivity contribution < 1.29 is 33.1 Å². The summed E-state index contributed by atoms with van der Waals surface area (Å²) in [5, 5.41) is 18.1. The quantitative estimate of drug-likeness (QED) is 0.739. The second-order valence-corrected chi connectivity index (χ2v) is 3.42. The van der Waals surface area contributed by atoms with Gasteiger partial charge in [-0.25, -0.2) is 9.68 Å². The molecule has 19 heavy (non-hydrogen) atoms. The summed E-state index contributed by atoms with van der Waals surface area (Å²) in [6.07, 6.45) is -4.42. The van der Waals surface area contributed by atoms with Gasteiger partial charge in [-0.2, -0.15) is 13.2 Å². The summed E-state index contributed by atoms with van der Waals surface area (Å²) in [5.41, 5.74) is -0.574. The molecule has 0 aliphatic heterocycles. The Bertz CT molecular complexity index is 361. The van der Waals surface area contributed by atoms with Gasteiger partial charge in [-0.15, -0.1) is 5.23 Å². The molecule has 5 nitrogen and oxygen atoms in total. The first-order valence-corrected chi connectivity index (χ1v) is 5.44. The highest BCUT2D eigenvalue weighted by Gasteiger charge is 2.30. The maximum atomic E-state index is 12.4. The van der Waals surface area contributed by atoms with E-state index in [0.717, 1.165) is 29.5 Å². The SMILES string of the molecule is OCCON(OCCO)c1ccc(C(F)(F)F)cc1. The minimum absolute atomic E-state index is 0.0908. The molecule has 0 saturated carbocycles. The lowest BCUT2D eigenvalue weighted by Crippen LogP contribution is -2.27. The van der Waals surface area contributed by atoms with Gasteiger partial charge in [0.15, 0.2) is 0 Å². The summed E-state index contributed by atoms with van der Waals surface area (Å²) in [4.78, 5) is 9.95. The molecule has 1 aromatic carbocycles. The van der Waals surface area contributed by atoms with E-state index in [1.807, 2.05) is 0 Å². The van der Waals surface area contributed by atoms with Crippen molar-refractivity contribution in [1.82, 2.24) is 0 Å². The number of rotatable bonds is 7. The normalized spacial score (nSPS) is 11.6. The predicted molar refractivity (Wildman–Crippen MR) is 60.0 cm³/mol. The van der Waals surface area contributed by atoms with E-state index in [1.165, 1.54) is 0 Å². The summed E-state index contributed by atoms with van der Waals surface area (Å²) in [7, 11) is 0. The first kappa shape index (κ1) is 15.7. The molecular weight excluding hydrogens is 267 g/mol. The topological polar surface area (TPSA) is 62.2 Å². The van der Waals surface area contributed by atoms with Crippen molar-refractivity contribution in [2.45, 2.75) is 6.18 Å². The van der Waals surface area contributed by atoms with Gasteiger partial charge in [0.1, 0.15) is 13.2 Å². The summed E-state index contributed by atoms with van der Waals surface area (Å²) >= 11 is 0. The third-order valence-corrected chi connectivity index (χ3v) is 2.01. The van der Waals surface area contributed by atoms with Gasteiger partial charge in [0, 0.05) is 0 Å². The lowest BCUT2D eigenvalue weighted by Gasteiger charge is -2.22. The molecule has 0 saturated heterocycles. The van der Waals surface area contributed by atoms with E-state index in [1.54, 1.807) is 0 Å². The van der Waals surface area contributed by atoms with Crippen molar-refractivity contribution in [3.05, 3.63) is 29.8 Å². The van der Waals surface area contributed by atoms with Gasteiger partial charge >= 0.3 is 6.18 Å². The van der Waals surface area contributed by atoms with Gasteiger partial charge in [-0.1, -0.05) is 0 Å². The average molecular weight is 281 g/mol. The van der Waals surface area contributed by atoms with Crippen molar-refractivity contribution in [2.24, 2.45) is 0 Å². The number of aliphatic hydroxyl groups excluding tert-OH is 2. The maximum absolute atomic E-state index is 12.4. The zero-order valence-electron chi connectivity index (χ0n) is 9.93. The average Bonchev–Trinajstić information content (AvgIpc) is 2.38. The largest absolute Gasteiger partial charge is 0.416 e. The fourth-order valence-electron chi connectivity index (χ4n) is 1.21. The number of hydrogen-bond donors (Lipinski definition) is 2. The molecule has 0 radical (unpaired) electrons. The van der Waals surface area contributed by atoms with Crippen LogP contribution >= 0.6 is 0 Å². The molecule has 0 aliphatic rings. The lowest BCUT2D eigenvalue weighted by molar-refractivity contribution is -0.137. The number of halogens is 3. The third-order valence-electron chi connectivity index (χ3n) is 2.01. The molecule has 1 aromatic rings. The summed E-state index contributed by atoms with van der Waals surface area (Å²) < 4.78 is 37.2. The molecular formula is C11H14F3NO4. The standard InChI is InChI=1S/C11H14F3NO4/c12-11(13,14)9-1-3-10(4-2-9)15(18-7-5-16)19-8-6-17/h1-4,16-17H,5-8H2. The summed E-state index contributed by atoms with van der Waals surface area (Å²) in [6, 6.07) is 4.09. The number of anilines is 1. The Kier molecular flexibility index (Phi) is 6.03. The molecule has 0 fully saturated rings. The Morgan fingerprint density at radius 1 is 0.947 bits per heavy atom. The number of hydrogen-bond acceptors (Lipinski definition) is 5. The third kappa shape index (κ3) is 5.03. The van der Waals surface area contributed by atoms with E-state index in [-0.39, 0.29) is 32.1 Å². The van der Waals surface area contributed by atoms with Gasteiger partial charge in [0.2, 0.25) is 0 Å². The van der Waals surface area contributed by atoms with Crippen molar-refractivity contribution >= 4 is 5.69 Å². The Morgan fingerprint density at radius 3 is 1.79 bits per heavy atom. The Labute approximate surface area is 107 Å². The molecule has 108 valence electrons. The van der Waals surface area contributed by atoms with Crippen LogP contribution in [0.1, 0.15) is 5.56 Å². The second-order valence-electron chi connectivity index (χ2n) is 3.42. The van der Waals surface area contributed by atoms with E-state index in [4.69, 9.17) is 19.9 Å². The van der Waals surface area contributed by atoms with E-state index in [2.05, 4.69) is 0 Å². The Balaban J connectivity index is 2.78. The highest BCUT2D eigenvalue weighted by Crippen LogP contribution is 2.30. The summed E-state index contributed by atoms with van der Waals surface area (Å²) in [5.74, 6) is 0. The molecule has 2 N–H and O–H groups in total. The summed E-state index contributed by atoms with van der Waals surface area (Å²) in [6.45, 7) is -0.738. The molecule has 0 aliphatic carbocycles. The van der Waals surface area contributed by atoms with E-state index in [0.29, 0.717) is 0 Å². The molecule has 0 heterocycles. The van der Waals surface area contributed by atoms with Crippen molar-refractivity contribution in [3.8, 4) is 0 Å². The number of alkyl halides is 3. The van der Waals surface area contributed by atoms with Crippen LogP contribution < -0.4 is 5.23 Å². The Hall–Kier alpha value is -1.35. The second kappa shape index (κ2) is 7.29. The van der Waals surface area contributed by atoms with Crippen LogP contribution in [0.25, 0.3) is 0 Å². The monoisotopic (exact) mass is 281 g/mol. The van der Waals surface area contributed by atoms with Crippen LogP contribution in [-0.4, -0.2) is 36.6 Å². The minimum Gasteiger partial charge on any atom is -0.394 e. The highest BCUT2D eigenvalue weighted by atomic mass is 19.4. The van der Waals surface area contributed by atoms with Crippen LogP contribution in [0.2, 0.25) is 0 Å². The zero-order valence-corrected chi connectivity index (χ0v) is 9.93. The lowest BCUT2D eigenvalue weighted by atomic mass is 10.2. The molecule has 1 rings (SSSR count). The van der Waals surface area contributed by atoms with Crippen molar-refractivity contribution in [1.29, 1.82) is 0 Å². The minimum atomic E-state index is -4.42. The Morgan fingerprint density at radius 2 is 1.42 bits per heavy atom. The molecule has 0 unspecified atom stereocenters. The molecule has 8 heteroatoms. The first-order chi connectivity index (χ1) is 8.99. The van der Waals surface area contributed by atoms with Gasteiger partial charge in [-0.3, -0.25) is 0 Å². The number of benzene rings is 1. The first-order valence-electron chi connectivity index (χ1n) is 5.44. The van der Waals surface area contributed by atoms with Crippen molar-refractivity contribution in [2.75, 3.05) is 31.7 Å². The van der Waals surface area contributed by atoms with Gasteiger partial charge in [0.05, 0.1) is 24.5 Å². The molecule has 0 spiro atoms. The van der Waals surface area contributed by atoms with Gasteiger partial charge in [0.25, 0.3) is 0 Å². The van der Waals surface area contributed by atoms with Crippen molar-refractivity contribution in [3.63, 3.8) is 0 Å². The maximum Gasteiger partial charge on any atom is 0.416 e. The van der Waals surface area contributed by atoms with Crippen LogP contribution in [0.5, 0.6) is 0 Å². The fourth-order valence-corrected chi connectivity index (χ4v) is 1.21. The van der Waals surface area contributed by atoms with E-state index in [9.17, 15) is 13.2 Å². The zero-order chi connectivity index (χ0) is 14.3. The number of nitrogens with zero attached hydrogens (tertiary/aromatic N) is 1.